The fourth-order valence-electron chi connectivity index (χ4n) is 8.71. The molecule has 0 fully saturated rings. The van der Waals surface area contributed by atoms with Crippen molar-refractivity contribution in [1.82, 2.24) is 0 Å². The van der Waals surface area contributed by atoms with Crippen LogP contribution < -0.4 is 9.47 Å². The predicted molar refractivity (Wildman–Crippen MR) is 244 cm³/mol. The lowest BCUT2D eigenvalue weighted by Gasteiger charge is -2.26. The third kappa shape index (κ3) is 7.59. The Morgan fingerprint density at radius 3 is 1.32 bits per heavy atom. The molecule has 10 heteroatoms. The highest BCUT2D eigenvalue weighted by Gasteiger charge is 2.80. The summed E-state index contributed by atoms with van der Waals surface area (Å²) in [5.41, 5.74) is 3.88. The molecular weight excluding hydrogens is 835 g/mol. The van der Waals surface area contributed by atoms with Gasteiger partial charge in [0.25, 0.3) is 0 Å². The molecule has 2 nitrogen and oxygen atoms in total. The van der Waals surface area contributed by atoms with Gasteiger partial charge < -0.3 is 9.47 Å². The van der Waals surface area contributed by atoms with Gasteiger partial charge in [0.15, 0.2) is 0 Å². The number of rotatable bonds is 9. The maximum atomic E-state index is 17.0. The summed E-state index contributed by atoms with van der Waals surface area (Å²) in [6.45, 7) is 19.9. The maximum absolute atomic E-state index is 17.0. The Morgan fingerprint density at radius 2 is 0.919 bits per heavy atom. The van der Waals surface area contributed by atoms with Gasteiger partial charge in [0, 0.05) is 31.7 Å². The van der Waals surface area contributed by atoms with E-state index in [2.05, 4.69) is 41.5 Å². The Kier molecular flexibility index (Phi) is 11.5. The Labute approximate surface area is 369 Å². The number of methoxy groups -OCH3 is 2. The fraction of sp³-hybridized carbons (Fsp3) is 0.346. The molecule has 0 unspecified atom stereocenters. The van der Waals surface area contributed by atoms with Crippen molar-refractivity contribution in [2.75, 3.05) is 14.2 Å². The Balaban J connectivity index is 1.57. The molecule has 0 amide bonds. The molecule has 1 aliphatic carbocycles. The van der Waals surface area contributed by atoms with Crippen molar-refractivity contribution in [2.24, 2.45) is 0 Å². The SMILES string of the molecule is COc1c(C)cc(-c2cc(C3=C(c4cc(-c5cc(C)c(OC)c(C)c5)sc4C(c4ccc(C(C)(C)C)cc4)c4ccc(C(C)(C)C)cc4)C(F)(F)C(F)(F)C3(F)F)cs2)cc1C. The van der Waals surface area contributed by atoms with Crippen molar-refractivity contribution < 1.29 is 35.8 Å². The predicted octanol–water partition coefficient (Wildman–Crippen LogP) is 16.0. The van der Waals surface area contributed by atoms with E-state index in [0.717, 1.165) is 56.1 Å². The second kappa shape index (κ2) is 15.8. The highest BCUT2D eigenvalue weighted by Crippen LogP contribution is 2.66. The zero-order valence-electron chi connectivity index (χ0n) is 37.1. The Hall–Kier alpha value is -4.80. The molecule has 0 atom stereocenters. The zero-order valence-corrected chi connectivity index (χ0v) is 38.8. The summed E-state index contributed by atoms with van der Waals surface area (Å²) in [5, 5.41) is 1.28. The first kappa shape index (κ1) is 45.2. The molecule has 0 aliphatic heterocycles. The van der Waals surface area contributed by atoms with Crippen LogP contribution in [0.3, 0.4) is 0 Å². The van der Waals surface area contributed by atoms with Gasteiger partial charge in [-0.2, -0.15) is 26.3 Å². The molecule has 2 heterocycles. The quantitative estimate of drug-likeness (QED) is 0.135. The summed E-state index contributed by atoms with van der Waals surface area (Å²) in [4.78, 5) is 1.17. The van der Waals surface area contributed by atoms with Crippen LogP contribution in [0.4, 0.5) is 26.3 Å². The molecule has 0 saturated heterocycles. The number of hydrogen-bond donors (Lipinski definition) is 0. The zero-order chi connectivity index (χ0) is 45.5. The number of halogens is 6. The monoisotopic (exact) mass is 886 g/mol. The van der Waals surface area contributed by atoms with Crippen molar-refractivity contribution >= 4 is 33.8 Å². The standard InChI is InChI=1S/C52H52F6O2S2/c1-28-21-34(22-29(2)45(28)59-11)40-25-36(27-61-40)43-44(51(55,56)52(57,58)50(43,53)54)39-26-41(35-23-30(3)46(60-12)31(4)24-35)62-47(39)42(32-13-17-37(18-14-32)48(5,6)7)33-15-19-38(20-16-33)49(8,9)10/h13-27,42H,1-12H3. The van der Waals surface area contributed by atoms with Crippen LogP contribution in [0.25, 0.3) is 32.0 Å². The summed E-state index contributed by atoms with van der Waals surface area (Å²) in [5.74, 6) is -15.8. The molecule has 0 radical (unpaired) electrons. The molecule has 2 aromatic heterocycles. The van der Waals surface area contributed by atoms with Gasteiger partial charge in [0.1, 0.15) is 11.5 Å². The van der Waals surface area contributed by atoms with E-state index < -0.39 is 34.8 Å². The van der Waals surface area contributed by atoms with Crippen LogP contribution in [0.5, 0.6) is 11.5 Å². The third-order valence-electron chi connectivity index (χ3n) is 12.0. The van der Waals surface area contributed by atoms with Crippen LogP contribution in [0.2, 0.25) is 0 Å². The number of aryl methyl sites for hydroxylation is 4. The molecular formula is C52H52F6O2S2. The molecule has 0 bridgehead atoms. The smallest absolute Gasteiger partial charge is 0.380 e. The average Bonchev–Trinajstić information content (AvgIpc) is 3.86. The third-order valence-corrected chi connectivity index (χ3v) is 14.2. The second-order valence-corrected chi connectivity index (χ2v) is 20.5. The number of thiophene rings is 2. The highest BCUT2D eigenvalue weighted by molar-refractivity contribution is 7.16. The molecule has 6 aromatic rings. The number of hydrogen-bond acceptors (Lipinski definition) is 4. The highest BCUT2D eigenvalue weighted by atomic mass is 32.1. The van der Waals surface area contributed by atoms with Gasteiger partial charge in [-0.15, -0.1) is 22.7 Å². The molecule has 0 N–H and O–H groups in total. The fourth-order valence-corrected chi connectivity index (χ4v) is 10.9. The van der Waals surface area contributed by atoms with E-state index in [0.29, 0.717) is 43.5 Å². The number of ether oxygens (including phenoxy) is 2. The largest absolute Gasteiger partial charge is 0.496 e. The number of allylic oxidation sites excluding steroid dienone is 2. The van der Waals surface area contributed by atoms with Gasteiger partial charge in [0.05, 0.1) is 14.2 Å². The molecule has 0 spiro atoms. The lowest BCUT2D eigenvalue weighted by atomic mass is 9.81. The van der Waals surface area contributed by atoms with E-state index in [1.54, 1.807) is 26.4 Å². The molecule has 326 valence electrons. The second-order valence-electron chi connectivity index (χ2n) is 18.5. The van der Waals surface area contributed by atoms with Gasteiger partial charge >= 0.3 is 17.8 Å². The average molecular weight is 887 g/mol. The van der Waals surface area contributed by atoms with Crippen molar-refractivity contribution in [3.8, 4) is 32.4 Å². The molecule has 7 rings (SSSR count). The van der Waals surface area contributed by atoms with E-state index >= 15 is 26.3 Å². The maximum Gasteiger partial charge on any atom is 0.380 e. The first-order valence-corrected chi connectivity index (χ1v) is 22.2. The van der Waals surface area contributed by atoms with E-state index in [-0.39, 0.29) is 26.8 Å². The summed E-state index contributed by atoms with van der Waals surface area (Å²) in [7, 11) is 3.10. The number of benzene rings is 4. The van der Waals surface area contributed by atoms with Gasteiger partial charge in [-0.1, -0.05) is 90.1 Å². The molecule has 62 heavy (non-hydrogen) atoms. The molecule has 4 aromatic carbocycles. The van der Waals surface area contributed by atoms with Gasteiger partial charge in [-0.25, -0.2) is 0 Å². The van der Waals surface area contributed by atoms with Crippen LogP contribution in [0.1, 0.15) is 108 Å². The normalized spacial score (nSPS) is 16.0. The molecule has 1 aliphatic rings. The van der Waals surface area contributed by atoms with Crippen LogP contribution >= 0.6 is 22.7 Å². The van der Waals surface area contributed by atoms with E-state index in [4.69, 9.17) is 9.47 Å². The van der Waals surface area contributed by atoms with Crippen LogP contribution in [0, 0.1) is 27.7 Å². The topological polar surface area (TPSA) is 18.5 Å². The van der Waals surface area contributed by atoms with Crippen molar-refractivity contribution in [3.63, 3.8) is 0 Å². The summed E-state index contributed by atoms with van der Waals surface area (Å²) < 4.78 is 111. The van der Waals surface area contributed by atoms with Gasteiger partial charge in [-0.05, 0) is 147 Å². The minimum atomic E-state index is -5.75. The van der Waals surface area contributed by atoms with Crippen LogP contribution in [-0.4, -0.2) is 32.0 Å². The number of alkyl halides is 6. The minimum absolute atomic E-state index is 0.209. The lowest BCUT2D eigenvalue weighted by Crippen LogP contribution is -2.48. The van der Waals surface area contributed by atoms with E-state index in [1.165, 1.54) is 17.5 Å². The minimum Gasteiger partial charge on any atom is -0.496 e. The van der Waals surface area contributed by atoms with Crippen molar-refractivity contribution in [2.45, 2.75) is 104 Å². The van der Waals surface area contributed by atoms with E-state index in [1.807, 2.05) is 88.4 Å². The van der Waals surface area contributed by atoms with Crippen LogP contribution in [0.15, 0.2) is 90.3 Å². The van der Waals surface area contributed by atoms with Gasteiger partial charge in [0.2, 0.25) is 0 Å². The van der Waals surface area contributed by atoms with Gasteiger partial charge in [-0.3, -0.25) is 0 Å². The first-order chi connectivity index (χ1) is 28.8. The van der Waals surface area contributed by atoms with E-state index in [9.17, 15) is 0 Å². The summed E-state index contributed by atoms with van der Waals surface area (Å²) in [6, 6.07) is 25.6. The van der Waals surface area contributed by atoms with Crippen molar-refractivity contribution in [3.05, 3.63) is 151 Å². The van der Waals surface area contributed by atoms with Crippen molar-refractivity contribution in [1.29, 1.82) is 0 Å². The van der Waals surface area contributed by atoms with Crippen LogP contribution in [-0.2, 0) is 10.8 Å². The summed E-state index contributed by atoms with van der Waals surface area (Å²) in [6.07, 6.45) is 0. The Bertz CT molecular complexity index is 2580. The molecule has 0 saturated carbocycles. The lowest BCUT2D eigenvalue weighted by molar-refractivity contribution is -0.254. The Morgan fingerprint density at radius 1 is 0.516 bits per heavy atom. The first-order valence-electron chi connectivity index (χ1n) is 20.5. The summed E-state index contributed by atoms with van der Waals surface area (Å²) >= 11 is 2.18.